The van der Waals surface area contributed by atoms with E-state index in [2.05, 4.69) is 11.8 Å². The summed E-state index contributed by atoms with van der Waals surface area (Å²) in [5.41, 5.74) is 0.855. The van der Waals surface area contributed by atoms with E-state index >= 15 is 0 Å². The summed E-state index contributed by atoms with van der Waals surface area (Å²) in [4.78, 5) is 30.4. The molecule has 39 heavy (non-hydrogen) atoms. The van der Waals surface area contributed by atoms with Gasteiger partial charge in [-0.1, -0.05) is 19.4 Å². The van der Waals surface area contributed by atoms with E-state index in [1.807, 2.05) is 6.92 Å². The van der Waals surface area contributed by atoms with Gasteiger partial charge < -0.3 is 24.2 Å². The number of amides is 1. The summed E-state index contributed by atoms with van der Waals surface area (Å²) in [7, 11) is 0. The number of halogens is 1. The number of rotatable bonds is 12. The molecule has 0 bridgehead atoms. The largest absolute Gasteiger partial charge is 0.507 e. The molecular weight excluding hydrogens is 503 g/mol. The summed E-state index contributed by atoms with van der Waals surface area (Å²) in [5.74, 6) is -1.16. The van der Waals surface area contributed by atoms with Gasteiger partial charge in [-0.3, -0.25) is 14.5 Å². The predicted molar refractivity (Wildman–Crippen MR) is 145 cm³/mol. The molecular formula is C30H37FN2O6. The first-order valence-electron chi connectivity index (χ1n) is 13.7. The fourth-order valence-electron chi connectivity index (χ4n) is 4.92. The van der Waals surface area contributed by atoms with E-state index in [0.717, 1.165) is 32.5 Å². The topological polar surface area (TPSA) is 88.5 Å². The molecule has 9 heteroatoms. The van der Waals surface area contributed by atoms with Crippen molar-refractivity contribution in [2.45, 2.75) is 39.2 Å². The van der Waals surface area contributed by atoms with E-state index in [1.165, 1.54) is 29.2 Å². The number of nitrogens with zero attached hydrogens (tertiary/aromatic N) is 2. The number of ketones is 1. The molecule has 4 rings (SSSR count). The number of carbonyl (C=O) groups excluding carboxylic acids is 2. The maximum atomic E-state index is 13.6. The summed E-state index contributed by atoms with van der Waals surface area (Å²) in [6.07, 6.45) is 2.54. The van der Waals surface area contributed by atoms with E-state index < -0.39 is 23.5 Å². The molecule has 1 amide bonds. The van der Waals surface area contributed by atoms with Crippen LogP contribution >= 0.6 is 0 Å². The fraction of sp³-hybridized carbons (Fsp3) is 0.467. The number of hydrogen-bond acceptors (Lipinski definition) is 7. The molecule has 210 valence electrons. The molecule has 0 radical (unpaired) electrons. The van der Waals surface area contributed by atoms with Gasteiger partial charge in [-0.15, -0.1) is 0 Å². The number of likely N-dealkylation sites (tertiary alicyclic amines) is 1. The monoisotopic (exact) mass is 540 g/mol. The number of unbranched alkanes of at least 4 members (excludes halogenated alkanes) is 1. The number of carbonyl (C=O) groups is 2. The highest BCUT2D eigenvalue weighted by atomic mass is 19.1. The van der Waals surface area contributed by atoms with Gasteiger partial charge in [-0.05, 0) is 61.7 Å². The Balaban J connectivity index is 1.70. The minimum Gasteiger partial charge on any atom is -0.507 e. The van der Waals surface area contributed by atoms with Gasteiger partial charge in [-0.25, -0.2) is 4.39 Å². The number of Topliss-reactive ketones (excluding diaryl/α,β-unsaturated/α-hetero) is 1. The summed E-state index contributed by atoms with van der Waals surface area (Å²) >= 11 is 0. The minimum atomic E-state index is -0.830. The van der Waals surface area contributed by atoms with Crippen LogP contribution in [0.25, 0.3) is 5.76 Å². The van der Waals surface area contributed by atoms with Crippen LogP contribution < -0.4 is 9.47 Å². The second-order valence-electron chi connectivity index (χ2n) is 9.65. The van der Waals surface area contributed by atoms with Crippen molar-refractivity contribution in [3.63, 3.8) is 0 Å². The van der Waals surface area contributed by atoms with Gasteiger partial charge >= 0.3 is 0 Å². The van der Waals surface area contributed by atoms with Crippen LogP contribution in [0.4, 0.5) is 4.39 Å². The Hall–Kier alpha value is -3.43. The van der Waals surface area contributed by atoms with Crippen molar-refractivity contribution in [2.75, 3.05) is 52.6 Å². The smallest absolute Gasteiger partial charge is 0.295 e. The van der Waals surface area contributed by atoms with Crippen molar-refractivity contribution in [3.8, 4) is 11.5 Å². The number of morpholine rings is 1. The van der Waals surface area contributed by atoms with Crippen LogP contribution in [0.15, 0.2) is 48.0 Å². The van der Waals surface area contributed by atoms with Crippen LogP contribution in [0.5, 0.6) is 11.5 Å². The Morgan fingerprint density at radius 1 is 1.00 bits per heavy atom. The second-order valence-corrected chi connectivity index (χ2v) is 9.65. The summed E-state index contributed by atoms with van der Waals surface area (Å²) < 4.78 is 30.8. The molecule has 0 aromatic heterocycles. The summed E-state index contributed by atoms with van der Waals surface area (Å²) in [6.45, 7) is 8.98. The third-order valence-electron chi connectivity index (χ3n) is 6.97. The number of ether oxygens (including phenoxy) is 3. The van der Waals surface area contributed by atoms with Gasteiger partial charge in [-0.2, -0.15) is 0 Å². The fourth-order valence-corrected chi connectivity index (χ4v) is 4.92. The van der Waals surface area contributed by atoms with Crippen molar-refractivity contribution < 1.29 is 33.3 Å². The number of benzene rings is 2. The Kier molecular flexibility index (Phi) is 9.95. The zero-order chi connectivity index (χ0) is 27.8. The first kappa shape index (κ1) is 28.6. The Morgan fingerprint density at radius 3 is 2.44 bits per heavy atom. The first-order chi connectivity index (χ1) is 18.9. The molecule has 1 N–H and O–H groups in total. The molecule has 2 aromatic rings. The molecule has 8 nitrogen and oxygen atoms in total. The molecule has 0 aliphatic carbocycles. The average Bonchev–Trinajstić information content (AvgIpc) is 3.20. The van der Waals surface area contributed by atoms with Crippen LogP contribution in [-0.4, -0.2) is 79.2 Å². The molecule has 0 saturated carbocycles. The maximum absolute atomic E-state index is 13.6. The van der Waals surface area contributed by atoms with Gasteiger partial charge in [0, 0.05) is 31.7 Å². The van der Waals surface area contributed by atoms with E-state index in [-0.39, 0.29) is 16.9 Å². The second kappa shape index (κ2) is 13.6. The maximum Gasteiger partial charge on any atom is 0.295 e. The highest BCUT2D eigenvalue weighted by Gasteiger charge is 2.46. The van der Waals surface area contributed by atoms with E-state index in [1.54, 1.807) is 18.2 Å². The molecule has 2 fully saturated rings. The Morgan fingerprint density at radius 2 is 1.74 bits per heavy atom. The van der Waals surface area contributed by atoms with E-state index in [0.29, 0.717) is 56.5 Å². The normalized spacial score (nSPS) is 19.5. The van der Waals surface area contributed by atoms with Crippen LogP contribution in [0, 0.1) is 5.82 Å². The zero-order valence-electron chi connectivity index (χ0n) is 22.7. The van der Waals surface area contributed by atoms with Crippen molar-refractivity contribution in [3.05, 3.63) is 65.0 Å². The van der Waals surface area contributed by atoms with Crippen molar-refractivity contribution in [1.29, 1.82) is 0 Å². The van der Waals surface area contributed by atoms with Gasteiger partial charge in [0.15, 0.2) is 11.5 Å². The minimum absolute atomic E-state index is 0.0277. The van der Waals surface area contributed by atoms with Crippen molar-refractivity contribution in [2.24, 2.45) is 0 Å². The highest BCUT2D eigenvalue weighted by molar-refractivity contribution is 6.46. The summed E-state index contributed by atoms with van der Waals surface area (Å²) in [5, 5.41) is 11.2. The Bertz CT molecular complexity index is 1180. The standard InChI is InChI=1S/C30H37FN2O6/c1-3-5-17-39-24-12-9-22(20-25(24)38-4-2)27-26(28(34)21-7-10-23(31)11-8-21)29(35)30(36)33(27)14-6-13-32-15-18-37-19-16-32/h7-12,20,27,34H,3-6,13-19H2,1-2H3/b28-26+. The number of hydrogen-bond donors (Lipinski definition) is 1. The third kappa shape index (κ3) is 6.78. The lowest BCUT2D eigenvalue weighted by Gasteiger charge is -2.29. The van der Waals surface area contributed by atoms with Crippen molar-refractivity contribution >= 4 is 17.4 Å². The molecule has 1 atom stereocenters. The molecule has 2 saturated heterocycles. The zero-order valence-corrected chi connectivity index (χ0v) is 22.7. The molecule has 2 heterocycles. The predicted octanol–water partition coefficient (Wildman–Crippen LogP) is 4.55. The SMILES string of the molecule is CCCCOc1ccc(C2/C(=C(\O)c3ccc(F)cc3)C(=O)C(=O)N2CCCN2CCOCC2)cc1OCC. The molecule has 2 aliphatic rings. The number of aliphatic hydroxyl groups is 1. The lowest BCUT2D eigenvalue weighted by atomic mass is 9.95. The van der Waals surface area contributed by atoms with Crippen LogP contribution in [-0.2, 0) is 14.3 Å². The molecule has 2 aromatic carbocycles. The van der Waals surface area contributed by atoms with Gasteiger partial charge in [0.05, 0.1) is 38.0 Å². The molecule has 0 spiro atoms. The Labute approximate surface area is 228 Å². The molecule has 2 aliphatic heterocycles. The van der Waals surface area contributed by atoms with Crippen LogP contribution in [0.3, 0.4) is 0 Å². The quantitative estimate of drug-likeness (QED) is 0.183. The van der Waals surface area contributed by atoms with Crippen LogP contribution in [0.1, 0.15) is 50.3 Å². The van der Waals surface area contributed by atoms with Gasteiger partial charge in [0.1, 0.15) is 11.6 Å². The van der Waals surface area contributed by atoms with E-state index in [4.69, 9.17) is 14.2 Å². The average molecular weight is 541 g/mol. The van der Waals surface area contributed by atoms with E-state index in [9.17, 15) is 19.1 Å². The number of aliphatic hydroxyl groups excluding tert-OH is 1. The summed E-state index contributed by atoms with van der Waals surface area (Å²) in [6, 6.07) is 9.72. The van der Waals surface area contributed by atoms with Crippen molar-refractivity contribution in [1.82, 2.24) is 9.80 Å². The van der Waals surface area contributed by atoms with Gasteiger partial charge in [0.2, 0.25) is 0 Å². The lowest BCUT2D eigenvalue weighted by molar-refractivity contribution is -0.140. The van der Waals surface area contributed by atoms with Gasteiger partial charge in [0.25, 0.3) is 11.7 Å². The first-order valence-corrected chi connectivity index (χ1v) is 13.7. The molecule has 1 unspecified atom stereocenters. The lowest BCUT2D eigenvalue weighted by Crippen LogP contribution is -2.39. The highest BCUT2D eigenvalue weighted by Crippen LogP contribution is 2.42. The van der Waals surface area contributed by atoms with Crippen LogP contribution in [0.2, 0.25) is 0 Å². The third-order valence-corrected chi connectivity index (χ3v) is 6.97.